The first kappa shape index (κ1) is 29.3. The van der Waals surface area contributed by atoms with Crippen molar-refractivity contribution in [1.82, 2.24) is 25.6 Å². The van der Waals surface area contributed by atoms with Gasteiger partial charge in [-0.2, -0.15) is 0 Å². The van der Waals surface area contributed by atoms with Crippen molar-refractivity contribution in [3.05, 3.63) is 30.0 Å². The molecule has 0 saturated carbocycles. The number of carbonyl (C=O) groups excluding carboxylic acids is 3. The maximum atomic E-state index is 12.4. The van der Waals surface area contributed by atoms with E-state index in [1.807, 2.05) is 37.3 Å². The van der Waals surface area contributed by atoms with E-state index in [0.717, 1.165) is 48.7 Å². The van der Waals surface area contributed by atoms with Crippen LogP contribution in [0.4, 0.5) is 5.69 Å². The maximum absolute atomic E-state index is 12.4. The molecule has 1 aromatic carbocycles. The van der Waals surface area contributed by atoms with E-state index in [2.05, 4.69) is 45.9 Å². The second kappa shape index (κ2) is 16.0. The van der Waals surface area contributed by atoms with Gasteiger partial charge in [0, 0.05) is 68.2 Å². The molecule has 2 aromatic rings. The molecule has 2 rings (SSSR count). The van der Waals surface area contributed by atoms with Gasteiger partial charge in [-0.05, 0) is 44.2 Å². The van der Waals surface area contributed by atoms with Crippen LogP contribution in [0.2, 0.25) is 0 Å². The number of hydrogen-bond donors (Lipinski definition) is 4. The first-order valence-corrected chi connectivity index (χ1v) is 13.2. The highest BCUT2D eigenvalue weighted by Gasteiger charge is 2.14. The van der Waals surface area contributed by atoms with E-state index in [4.69, 9.17) is 0 Å². The average Bonchev–Trinajstić information content (AvgIpc) is 3.20. The lowest BCUT2D eigenvalue weighted by molar-refractivity contribution is -0.124. The summed E-state index contributed by atoms with van der Waals surface area (Å²) in [7, 11) is 3.83. The van der Waals surface area contributed by atoms with E-state index in [9.17, 15) is 14.4 Å². The summed E-state index contributed by atoms with van der Waals surface area (Å²) >= 11 is 0. The molecule has 0 atom stereocenters. The van der Waals surface area contributed by atoms with Crippen molar-refractivity contribution in [3.8, 4) is 0 Å². The second-order valence-electron chi connectivity index (χ2n) is 9.20. The zero-order valence-electron chi connectivity index (χ0n) is 22.4. The van der Waals surface area contributed by atoms with Crippen LogP contribution >= 0.6 is 0 Å². The minimum absolute atomic E-state index is 0.0523. The van der Waals surface area contributed by atoms with Crippen molar-refractivity contribution in [2.75, 3.05) is 32.5 Å². The number of benzene rings is 1. The van der Waals surface area contributed by atoms with Crippen LogP contribution < -0.4 is 21.4 Å². The number of aromatic nitrogens is 1. The van der Waals surface area contributed by atoms with Gasteiger partial charge in [-0.25, -0.2) is 5.01 Å². The molecule has 0 spiro atoms. The molecule has 0 radical (unpaired) electrons. The van der Waals surface area contributed by atoms with Gasteiger partial charge in [0.2, 0.25) is 17.7 Å². The summed E-state index contributed by atoms with van der Waals surface area (Å²) in [6.45, 7) is 6.83. The van der Waals surface area contributed by atoms with E-state index in [1.165, 1.54) is 0 Å². The third-order valence-electron chi connectivity index (χ3n) is 6.15. The van der Waals surface area contributed by atoms with Crippen LogP contribution in [0, 0.1) is 0 Å². The molecule has 0 aliphatic carbocycles. The first-order chi connectivity index (χ1) is 17.4. The molecule has 3 amide bonds. The fraction of sp³-hybridized carbons (Fsp3) is 0.593. The molecule has 200 valence electrons. The largest absolute Gasteiger partial charge is 0.356 e. The van der Waals surface area contributed by atoms with Crippen LogP contribution in [0.5, 0.6) is 0 Å². The summed E-state index contributed by atoms with van der Waals surface area (Å²) in [6.07, 6.45) is 5.91. The summed E-state index contributed by atoms with van der Waals surface area (Å²) in [6, 6.07) is 7.88. The predicted octanol–water partition coefficient (Wildman–Crippen LogP) is 3.54. The molecule has 36 heavy (non-hydrogen) atoms. The van der Waals surface area contributed by atoms with Crippen LogP contribution in [-0.4, -0.2) is 54.5 Å². The fourth-order valence-corrected chi connectivity index (χ4v) is 3.97. The van der Waals surface area contributed by atoms with Crippen LogP contribution in [0.3, 0.4) is 0 Å². The van der Waals surface area contributed by atoms with Crippen molar-refractivity contribution in [2.45, 2.75) is 78.3 Å². The minimum Gasteiger partial charge on any atom is -0.356 e. The van der Waals surface area contributed by atoms with Gasteiger partial charge in [0.1, 0.15) is 0 Å². The molecule has 0 bridgehead atoms. The molecule has 1 aromatic heterocycles. The Morgan fingerprint density at radius 2 is 1.53 bits per heavy atom. The van der Waals surface area contributed by atoms with E-state index < -0.39 is 0 Å². The van der Waals surface area contributed by atoms with Crippen LogP contribution in [0.1, 0.15) is 70.9 Å². The van der Waals surface area contributed by atoms with Gasteiger partial charge in [-0.1, -0.05) is 33.1 Å². The topological polar surface area (TPSA) is 108 Å². The SMILES string of the molecule is CCCCCNC(=O)CCC(=O)Nc1ccc2c(c1)cc(CN(C)NC)n2CCC(=O)NCCCC. The highest BCUT2D eigenvalue weighted by Crippen LogP contribution is 2.25. The number of hydrazine groups is 1. The average molecular weight is 501 g/mol. The van der Waals surface area contributed by atoms with Crippen molar-refractivity contribution >= 4 is 34.3 Å². The molecule has 0 aliphatic heterocycles. The number of nitrogens with one attached hydrogen (secondary N) is 4. The number of carbonyl (C=O) groups is 3. The quantitative estimate of drug-likeness (QED) is 0.196. The van der Waals surface area contributed by atoms with Gasteiger partial charge in [-0.15, -0.1) is 0 Å². The Kier molecular flexibility index (Phi) is 13.0. The number of hydrogen-bond acceptors (Lipinski definition) is 5. The number of rotatable bonds is 17. The van der Waals surface area contributed by atoms with E-state index >= 15 is 0 Å². The molecule has 0 fully saturated rings. The lowest BCUT2D eigenvalue weighted by Gasteiger charge is -2.17. The van der Waals surface area contributed by atoms with Crippen LogP contribution in [-0.2, 0) is 27.5 Å². The second-order valence-corrected chi connectivity index (χ2v) is 9.20. The standard InChI is InChI=1S/C27H44N6O3/c1-5-7-9-16-30-25(34)12-13-27(36)31-22-10-11-24-21(18-22)19-23(20-32(4)28-3)33(24)17-14-26(35)29-15-8-6-2/h10-11,18-19,28H,5-9,12-17,20H2,1-4H3,(H,29,35)(H,30,34)(H,31,36). The minimum atomic E-state index is -0.184. The lowest BCUT2D eigenvalue weighted by Crippen LogP contribution is -2.31. The fourth-order valence-electron chi connectivity index (χ4n) is 3.97. The molecule has 9 nitrogen and oxygen atoms in total. The van der Waals surface area contributed by atoms with Gasteiger partial charge < -0.3 is 20.5 Å². The Hall–Kier alpha value is -2.91. The van der Waals surface area contributed by atoms with Crippen molar-refractivity contribution in [3.63, 3.8) is 0 Å². The molecule has 9 heteroatoms. The third-order valence-corrected chi connectivity index (χ3v) is 6.15. The van der Waals surface area contributed by atoms with Crippen LogP contribution in [0.25, 0.3) is 10.9 Å². The van der Waals surface area contributed by atoms with E-state index in [0.29, 0.717) is 38.3 Å². The predicted molar refractivity (Wildman–Crippen MR) is 145 cm³/mol. The zero-order valence-corrected chi connectivity index (χ0v) is 22.4. The van der Waals surface area contributed by atoms with Gasteiger partial charge in [0.25, 0.3) is 0 Å². The third kappa shape index (κ3) is 9.99. The highest BCUT2D eigenvalue weighted by atomic mass is 16.2. The van der Waals surface area contributed by atoms with Crippen molar-refractivity contribution in [1.29, 1.82) is 0 Å². The molecular weight excluding hydrogens is 456 g/mol. The number of amides is 3. The highest BCUT2D eigenvalue weighted by molar-refractivity contribution is 5.95. The van der Waals surface area contributed by atoms with Gasteiger partial charge >= 0.3 is 0 Å². The van der Waals surface area contributed by atoms with Gasteiger partial charge in [0.05, 0.1) is 6.54 Å². The molecule has 0 unspecified atom stereocenters. The number of fused-ring (bicyclic) bond motifs is 1. The summed E-state index contributed by atoms with van der Waals surface area (Å²) in [5.41, 5.74) is 5.90. The number of aryl methyl sites for hydroxylation is 1. The zero-order chi connectivity index (χ0) is 26.3. The molecule has 4 N–H and O–H groups in total. The Labute approximate surface area is 215 Å². The Bertz CT molecular complexity index is 987. The Morgan fingerprint density at radius 3 is 2.22 bits per heavy atom. The number of unbranched alkanes of at least 4 members (excludes halogenated alkanes) is 3. The van der Waals surface area contributed by atoms with Crippen molar-refractivity contribution in [2.24, 2.45) is 0 Å². The van der Waals surface area contributed by atoms with E-state index in [1.54, 1.807) is 0 Å². The van der Waals surface area contributed by atoms with Crippen molar-refractivity contribution < 1.29 is 14.4 Å². The molecule has 0 aliphatic rings. The maximum Gasteiger partial charge on any atom is 0.224 e. The lowest BCUT2D eigenvalue weighted by atomic mass is 10.2. The molecular formula is C27H44N6O3. The van der Waals surface area contributed by atoms with Crippen LogP contribution in [0.15, 0.2) is 24.3 Å². The Balaban J connectivity index is 2.03. The van der Waals surface area contributed by atoms with Gasteiger partial charge in [0.15, 0.2) is 0 Å². The first-order valence-electron chi connectivity index (χ1n) is 13.2. The normalized spacial score (nSPS) is 11.1. The number of nitrogens with zero attached hydrogens (tertiary/aromatic N) is 2. The van der Waals surface area contributed by atoms with Gasteiger partial charge in [-0.3, -0.25) is 19.8 Å². The molecule has 1 heterocycles. The summed E-state index contributed by atoms with van der Waals surface area (Å²) in [4.78, 5) is 36.6. The van der Waals surface area contributed by atoms with E-state index in [-0.39, 0.29) is 30.6 Å². The smallest absolute Gasteiger partial charge is 0.224 e. The summed E-state index contributed by atoms with van der Waals surface area (Å²) < 4.78 is 2.16. The summed E-state index contributed by atoms with van der Waals surface area (Å²) in [5, 5.41) is 11.7. The molecule has 0 saturated heterocycles. The monoisotopic (exact) mass is 500 g/mol. The number of anilines is 1. The Morgan fingerprint density at radius 1 is 0.861 bits per heavy atom. The summed E-state index contributed by atoms with van der Waals surface area (Å²) in [5.74, 6) is -0.223.